The van der Waals surface area contributed by atoms with E-state index in [9.17, 15) is 13.6 Å². The Labute approximate surface area is 104 Å². The van der Waals surface area contributed by atoms with Gasteiger partial charge in [-0.05, 0) is 13.0 Å². The minimum atomic E-state index is -2.79. The van der Waals surface area contributed by atoms with Crippen molar-refractivity contribution in [3.8, 4) is 5.75 Å². The SMILES string of the molecule is CCOC(=O)/C=C(/c1ccccc1OC)C(F)F. The molecule has 3 nitrogen and oxygen atoms in total. The van der Waals surface area contributed by atoms with Gasteiger partial charge in [-0.25, -0.2) is 13.6 Å². The lowest BCUT2D eigenvalue weighted by Crippen LogP contribution is -2.06. The summed E-state index contributed by atoms with van der Waals surface area (Å²) in [6, 6.07) is 6.28. The fraction of sp³-hybridized carbons (Fsp3) is 0.308. The minimum Gasteiger partial charge on any atom is -0.496 e. The van der Waals surface area contributed by atoms with Crippen LogP contribution in [0.4, 0.5) is 8.78 Å². The predicted octanol–water partition coefficient (Wildman–Crippen LogP) is 2.91. The zero-order valence-corrected chi connectivity index (χ0v) is 10.2. The number of hydrogen-bond donors (Lipinski definition) is 0. The maximum absolute atomic E-state index is 13.0. The van der Waals surface area contributed by atoms with Gasteiger partial charge in [0.2, 0.25) is 0 Å². The first-order chi connectivity index (χ1) is 8.60. The van der Waals surface area contributed by atoms with Gasteiger partial charge < -0.3 is 9.47 Å². The molecular formula is C13H14F2O3. The normalized spacial score (nSPS) is 11.5. The van der Waals surface area contributed by atoms with E-state index in [1.165, 1.54) is 13.2 Å². The van der Waals surface area contributed by atoms with Crippen LogP contribution in [0.1, 0.15) is 12.5 Å². The Morgan fingerprint density at radius 2 is 2.06 bits per heavy atom. The van der Waals surface area contributed by atoms with Crippen molar-refractivity contribution in [1.82, 2.24) is 0 Å². The van der Waals surface area contributed by atoms with Crippen molar-refractivity contribution in [2.24, 2.45) is 0 Å². The van der Waals surface area contributed by atoms with Crippen molar-refractivity contribution < 1.29 is 23.0 Å². The van der Waals surface area contributed by atoms with Crippen LogP contribution in [0.3, 0.4) is 0 Å². The Bertz CT molecular complexity index is 442. The number of methoxy groups -OCH3 is 1. The third-order valence-electron chi connectivity index (χ3n) is 2.21. The molecule has 0 unspecified atom stereocenters. The van der Waals surface area contributed by atoms with Crippen LogP contribution in [0.25, 0.3) is 5.57 Å². The number of para-hydroxylation sites is 1. The van der Waals surface area contributed by atoms with E-state index in [1.54, 1.807) is 25.1 Å². The molecule has 0 saturated carbocycles. The first-order valence-electron chi connectivity index (χ1n) is 5.40. The third-order valence-corrected chi connectivity index (χ3v) is 2.21. The van der Waals surface area contributed by atoms with Gasteiger partial charge in [0.15, 0.2) is 0 Å². The molecule has 1 aromatic carbocycles. The van der Waals surface area contributed by atoms with E-state index in [4.69, 9.17) is 4.74 Å². The van der Waals surface area contributed by atoms with Crippen LogP contribution in [0.2, 0.25) is 0 Å². The summed E-state index contributed by atoms with van der Waals surface area (Å²) in [5.41, 5.74) is -0.228. The van der Waals surface area contributed by atoms with E-state index in [-0.39, 0.29) is 17.9 Å². The van der Waals surface area contributed by atoms with Crippen molar-refractivity contribution in [1.29, 1.82) is 0 Å². The van der Waals surface area contributed by atoms with E-state index in [0.29, 0.717) is 0 Å². The molecule has 0 aliphatic heterocycles. The van der Waals surface area contributed by atoms with Gasteiger partial charge in [-0.3, -0.25) is 0 Å². The van der Waals surface area contributed by atoms with Crippen LogP contribution in [0, 0.1) is 0 Å². The molecule has 0 radical (unpaired) electrons. The molecule has 18 heavy (non-hydrogen) atoms. The van der Waals surface area contributed by atoms with E-state index < -0.39 is 18.0 Å². The van der Waals surface area contributed by atoms with Crippen molar-refractivity contribution in [3.05, 3.63) is 35.9 Å². The summed E-state index contributed by atoms with van der Waals surface area (Å²) < 4.78 is 35.6. The summed E-state index contributed by atoms with van der Waals surface area (Å²) in [4.78, 5) is 11.3. The Morgan fingerprint density at radius 3 is 2.61 bits per heavy atom. The molecule has 1 aromatic rings. The number of carbonyl (C=O) groups excluding carboxylic acids is 1. The average Bonchev–Trinajstić information content (AvgIpc) is 2.36. The van der Waals surface area contributed by atoms with Crippen molar-refractivity contribution in [3.63, 3.8) is 0 Å². The average molecular weight is 256 g/mol. The van der Waals surface area contributed by atoms with E-state index in [0.717, 1.165) is 6.08 Å². The first kappa shape index (κ1) is 14.2. The van der Waals surface area contributed by atoms with Gasteiger partial charge in [0.1, 0.15) is 5.75 Å². The first-order valence-corrected chi connectivity index (χ1v) is 5.40. The van der Waals surface area contributed by atoms with Crippen molar-refractivity contribution in [2.75, 3.05) is 13.7 Å². The molecule has 0 aliphatic rings. The summed E-state index contributed by atoms with van der Waals surface area (Å²) in [6.07, 6.45) is -1.99. The highest BCUT2D eigenvalue weighted by Crippen LogP contribution is 2.30. The van der Waals surface area contributed by atoms with Gasteiger partial charge in [-0.1, -0.05) is 18.2 Å². The van der Waals surface area contributed by atoms with Crippen LogP contribution < -0.4 is 4.74 Å². The molecule has 0 amide bonds. The van der Waals surface area contributed by atoms with Gasteiger partial charge in [0, 0.05) is 17.2 Å². The molecule has 0 spiro atoms. The number of halogens is 2. The number of esters is 1. The van der Waals surface area contributed by atoms with Crippen LogP contribution in [0.15, 0.2) is 30.3 Å². The zero-order valence-electron chi connectivity index (χ0n) is 10.2. The van der Waals surface area contributed by atoms with Crippen LogP contribution in [-0.2, 0) is 9.53 Å². The second kappa shape index (κ2) is 6.74. The fourth-order valence-electron chi connectivity index (χ4n) is 1.45. The molecule has 0 fully saturated rings. The van der Waals surface area contributed by atoms with Crippen LogP contribution in [-0.4, -0.2) is 26.1 Å². The number of allylic oxidation sites excluding steroid dienone is 1. The van der Waals surface area contributed by atoms with E-state index in [1.807, 2.05) is 0 Å². The maximum Gasteiger partial charge on any atom is 0.331 e. The molecule has 0 atom stereocenters. The minimum absolute atomic E-state index is 0.137. The van der Waals surface area contributed by atoms with Gasteiger partial charge in [-0.2, -0.15) is 0 Å². The Hall–Kier alpha value is -1.91. The van der Waals surface area contributed by atoms with Crippen LogP contribution in [0.5, 0.6) is 5.75 Å². The fourth-order valence-corrected chi connectivity index (χ4v) is 1.45. The lowest BCUT2D eigenvalue weighted by atomic mass is 10.0. The summed E-state index contributed by atoms with van der Waals surface area (Å²) in [6.45, 7) is 1.74. The van der Waals surface area contributed by atoms with E-state index >= 15 is 0 Å². The van der Waals surface area contributed by atoms with Crippen molar-refractivity contribution >= 4 is 11.5 Å². The quantitative estimate of drug-likeness (QED) is 0.600. The Morgan fingerprint density at radius 1 is 1.39 bits per heavy atom. The smallest absolute Gasteiger partial charge is 0.331 e. The largest absolute Gasteiger partial charge is 0.496 e. The number of ether oxygens (including phenoxy) is 2. The van der Waals surface area contributed by atoms with Crippen LogP contribution >= 0.6 is 0 Å². The lowest BCUT2D eigenvalue weighted by molar-refractivity contribution is -0.137. The van der Waals surface area contributed by atoms with Gasteiger partial charge >= 0.3 is 5.97 Å². The molecule has 0 bridgehead atoms. The third kappa shape index (κ3) is 3.55. The molecule has 0 aromatic heterocycles. The molecule has 0 N–H and O–H groups in total. The van der Waals surface area contributed by atoms with Gasteiger partial charge in [0.25, 0.3) is 6.43 Å². The Balaban J connectivity index is 3.16. The molecule has 1 rings (SSSR count). The summed E-state index contributed by atoms with van der Waals surface area (Å²) in [7, 11) is 1.38. The summed E-state index contributed by atoms with van der Waals surface area (Å²) in [5.74, 6) is -0.507. The number of alkyl halides is 2. The number of benzene rings is 1. The highest BCUT2D eigenvalue weighted by Gasteiger charge is 2.19. The highest BCUT2D eigenvalue weighted by atomic mass is 19.3. The molecular weight excluding hydrogens is 242 g/mol. The van der Waals surface area contributed by atoms with Gasteiger partial charge in [0.05, 0.1) is 13.7 Å². The summed E-state index contributed by atoms with van der Waals surface area (Å²) >= 11 is 0. The topological polar surface area (TPSA) is 35.5 Å². The second-order valence-electron chi connectivity index (χ2n) is 3.35. The molecule has 0 saturated heterocycles. The zero-order chi connectivity index (χ0) is 13.5. The van der Waals surface area contributed by atoms with Gasteiger partial charge in [-0.15, -0.1) is 0 Å². The maximum atomic E-state index is 13.0. The van der Waals surface area contributed by atoms with E-state index in [2.05, 4.69) is 4.74 Å². The number of carbonyl (C=O) groups is 1. The molecule has 98 valence electrons. The standard InChI is InChI=1S/C13H14F2O3/c1-3-18-12(16)8-10(13(14)15)9-6-4-5-7-11(9)17-2/h4-8,13H,3H2,1-2H3/b10-8-. The summed E-state index contributed by atoms with van der Waals surface area (Å²) in [5, 5.41) is 0. The number of hydrogen-bond acceptors (Lipinski definition) is 3. The lowest BCUT2D eigenvalue weighted by Gasteiger charge is -2.11. The molecule has 5 heteroatoms. The molecule has 0 aliphatic carbocycles. The second-order valence-corrected chi connectivity index (χ2v) is 3.35. The Kier molecular flexibility index (Phi) is 5.30. The highest BCUT2D eigenvalue weighted by molar-refractivity contribution is 5.93. The monoisotopic (exact) mass is 256 g/mol. The predicted molar refractivity (Wildman–Crippen MR) is 63.6 cm³/mol. The number of rotatable bonds is 5. The van der Waals surface area contributed by atoms with Crippen molar-refractivity contribution in [2.45, 2.75) is 13.3 Å². The molecule has 0 heterocycles.